The molecule has 2 N–H and O–H groups in total. The minimum Gasteiger partial charge on any atom is -0.496 e. The van der Waals surface area contributed by atoms with E-state index in [0.29, 0.717) is 5.82 Å². The second-order valence-corrected chi connectivity index (χ2v) is 4.30. The fourth-order valence-corrected chi connectivity index (χ4v) is 1.95. The summed E-state index contributed by atoms with van der Waals surface area (Å²) in [5.41, 5.74) is 7.97. The van der Waals surface area contributed by atoms with Gasteiger partial charge in [0.2, 0.25) is 0 Å². The van der Waals surface area contributed by atoms with E-state index in [0.717, 1.165) is 22.6 Å². The van der Waals surface area contributed by atoms with Crippen molar-refractivity contribution in [2.24, 2.45) is 0 Å². The molecule has 0 aliphatic heterocycles. The lowest BCUT2D eigenvalue weighted by Gasteiger charge is -2.12. The molecule has 6 nitrogen and oxygen atoms in total. The van der Waals surface area contributed by atoms with Crippen LogP contribution in [0.25, 0.3) is 0 Å². The number of nitrogens with zero attached hydrogens (tertiary/aromatic N) is 3. The van der Waals surface area contributed by atoms with E-state index in [-0.39, 0.29) is 12.1 Å². The van der Waals surface area contributed by atoms with Crippen LogP contribution >= 0.6 is 0 Å². The summed E-state index contributed by atoms with van der Waals surface area (Å²) in [6, 6.07) is 2.87. The maximum Gasteiger partial charge on any atom is 0.267 e. The molecule has 0 aliphatic rings. The first kappa shape index (κ1) is 13.1. The number of rotatable bonds is 3. The molecule has 2 aromatic heterocycles. The predicted octanol–water partition coefficient (Wildman–Crippen LogP) is 0.894. The van der Waals surface area contributed by atoms with Crippen molar-refractivity contribution in [3.8, 4) is 5.75 Å². The Hall–Kier alpha value is -2.37. The highest BCUT2D eigenvalue weighted by molar-refractivity contribution is 5.41. The molecule has 0 radical (unpaired) electrons. The monoisotopic (exact) mass is 260 g/mol. The number of hydrogen-bond donors (Lipinski definition) is 1. The molecule has 2 aromatic rings. The van der Waals surface area contributed by atoms with Crippen LogP contribution < -0.4 is 16.0 Å². The van der Waals surface area contributed by atoms with Crippen molar-refractivity contribution < 1.29 is 4.74 Å². The van der Waals surface area contributed by atoms with E-state index < -0.39 is 0 Å². The van der Waals surface area contributed by atoms with Gasteiger partial charge in [-0.3, -0.25) is 9.78 Å². The molecular weight excluding hydrogens is 244 g/mol. The summed E-state index contributed by atoms with van der Waals surface area (Å²) in [7, 11) is 1.62. The topological polar surface area (TPSA) is 83.0 Å². The molecule has 19 heavy (non-hydrogen) atoms. The maximum atomic E-state index is 11.7. The number of methoxy groups -OCH3 is 1. The van der Waals surface area contributed by atoms with Crippen LogP contribution in [0.15, 0.2) is 23.1 Å². The Morgan fingerprint density at radius 1 is 1.37 bits per heavy atom. The summed E-state index contributed by atoms with van der Waals surface area (Å²) in [6.07, 6.45) is 1.72. The van der Waals surface area contributed by atoms with Crippen molar-refractivity contribution in [1.82, 2.24) is 14.8 Å². The quantitative estimate of drug-likeness (QED) is 0.886. The highest BCUT2D eigenvalue weighted by Gasteiger charge is 2.11. The summed E-state index contributed by atoms with van der Waals surface area (Å²) >= 11 is 0. The molecule has 0 aromatic carbocycles. The van der Waals surface area contributed by atoms with E-state index in [1.54, 1.807) is 13.3 Å². The van der Waals surface area contributed by atoms with Crippen molar-refractivity contribution >= 4 is 5.82 Å². The zero-order valence-corrected chi connectivity index (χ0v) is 11.2. The van der Waals surface area contributed by atoms with Gasteiger partial charge in [-0.25, -0.2) is 4.68 Å². The molecule has 0 aliphatic carbocycles. The van der Waals surface area contributed by atoms with Crippen LogP contribution in [0.3, 0.4) is 0 Å². The number of hydrogen-bond acceptors (Lipinski definition) is 5. The average molecular weight is 260 g/mol. The van der Waals surface area contributed by atoms with Gasteiger partial charge >= 0.3 is 0 Å². The Morgan fingerprint density at radius 2 is 2.11 bits per heavy atom. The van der Waals surface area contributed by atoms with Crippen LogP contribution in [0.5, 0.6) is 5.75 Å². The predicted molar refractivity (Wildman–Crippen MR) is 72.3 cm³/mol. The first-order valence-electron chi connectivity index (χ1n) is 5.85. The zero-order valence-electron chi connectivity index (χ0n) is 11.2. The first-order chi connectivity index (χ1) is 9.02. The molecule has 0 saturated heterocycles. The SMILES string of the molecule is COc1c(C)cnc(Cn2nc(N)ccc2=O)c1C. The lowest BCUT2D eigenvalue weighted by Crippen LogP contribution is -2.24. The average Bonchev–Trinajstić information content (AvgIpc) is 2.38. The third-order valence-corrected chi connectivity index (χ3v) is 2.94. The van der Waals surface area contributed by atoms with Gasteiger partial charge in [-0.15, -0.1) is 0 Å². The number of aromatic nitrogens is 3. The zero-order chi connectivity index (χ0) is 14.0. The molecule has 6 heteroatoms. The van der Waals surface area contributed by atoms with Gasteiger partial charge in [-0.2, -0.15) is 5.10 Å². The van der Waals surface area contributed by atoms with E-state index in [9.17, 15) is 4.79 Å². The molecule has 0 atom stereocenters. The number of pyridine rings is 1. The van der Waals surface area contributed by atoms with Gasteiger partial charge in [0, 0.05) is 23.4 Å². The van der Waals surface area contributed by atoms with Crippen molar-refractivity contribution in [3.63, 3.8) is 0 Å². The standard InChI is InChI=1S/C13H16N4O2/c1-8-6-15-10(9(2)13(8)19-3)7-17-12(18)5-4-11(14)16-17/h4-6H,7H2,1-3H3,(H2,14,16). The normalized spacial score (nSPS) is 10.5. The van der Waals surface area contributed by atoms with Crippen molar-refractivity contribution in [2.45, 2.75) is 20.4 Å². The molecule has 0 unspecified atom stereocenters. The van der Waals surface area contributed by atoms with Crippen LogP contribution in [0.4, 0.5) is 5.82 Å². The van der Waals surface area contributed by atoms with E-state index in [1.165, 1.54) is 16.8 Å². The Balaban J connectivity index is 2.44. The first-order valence-corrected chi connectivity index (χ1v) is 5.85. The summed E-state index contributed by atoms with van der Waals surface area (Å²) in [5, 5.41) is 3.99. The van der Waals surface area contributed by atoms with Crippen LogP contribution in [0, 0.1) is 13.8 Å². The molecule has 2 rings (SSSR count). The minimum atomic E-state index is -0.213. The fourth-order valence-electron chi connectivity index (χ4n) is 1.95. The third-order valence-electron chi connectivity index (χ3n) is 2.94. The molecule has 0 amide bonds. The largest absolute Gasteiger partial charge is 0.496 e. The lowest BCUT2D eigenvalue weighted by atomic mass is 10.1. The van der Waals surface area contributed by atoms with Gasteiger partial charge in [0.1, 0.15) is 11.6 Å². The van der Waals surface area contributed by atoms with Crippen LogP contribution in [0.2, 0.25) is 0 Å². The Morgan fingerprint density at radius 3 is 2.79 bits per heavy atom. The van der Waals surface area contributed by atoms with Gasteiger partial charge in [0.05, 0.1) is 19.3 Å². The Bertz CT molecular complexity index is 664. The van der Waals surface area contributed by atoms with Crippen LogP contribution in [0.1, 0.15) is 16.8 Å². The number of anilines is 1. The summed E-state index contributed by atoms with van der Waals surface area (Å²) in [4.78, 5) is 16.0. The summed E-state index contributed by atoms with van der Waals surface area (Å²) in [6.45, 7) is 4.10. The van der Waals surface area contributed by atoms with Crippen LogP contribution in [-0.4, -0.2) is 21.9 Å². The molecule has 0 spiro atoms. The summed E-state index contributed by atoms with van der Waals surface area (Å²) in [5.74, 6) is 1.08. The van der Waals surface area contributed by atoms with E-state index >= 15 is 0 Å². The van der Waals surface area contributed by atoms with Crippen molar-refractivity contribution in [2.75, 3.05) is 12.8 Å². The van der Waals surface area contributed by atoms with Crippen molar-refractivity contribution in [1.29, 1.82) is 0 Å². The summed E-state index contributed by atoms with van der Waals surface area (Å²) < 4.78 is 6.63. The second-order valence-electron chi connectivity index (χ2n) is 4.30. The fraction of sp³-hybridized carbons (Fsp3) is 0.308. The van der Waals surface area contributed by atoms with Gasteiger partial charge in [-0.1, -0.05) is 0 Å². The van der Waals surface area contributed by atoms with Crippen LogP contribution in [-0.2, 0) is 6.54 Å². The minimum absolute atomic E-state index is 0.213. The number of ether oxygens (including phenoxy) is 1. The highest BCUT2D eigenvalue weighted by Crippen LogP contribution is 2.24. The molecule has 2 heterocycles. The van der Waals surface area contributed by atoms with Crippen molar-refractivity contribution in [3.05, 3.63) is 45.5 Å². The lowest BCUT2D eigenvalue weighted by molar-refractivity contribution is 0.406. The Labute approximate surface area is 110 Å². The van der Waals surface area contributed by atoms with Gasteiger partial charge in [0.25, 0.3) is 5.56 Å². The maximum absolute atomic E-state index is 11.7. The van der Waals surface area contributed by atoms with Gasteiger partial charge < -0.3 is 10.5 Å². The van der Waals surface area contributed by atoms with Gasteiger partial charge in [0.15, 0.2) is 0 Å². The second kappa shape index (κ2) is 5.09. The smallest absolute Gasteiger partial charge is 0.267 e. The molecule has 100 valence electrons. The molecule has 0 bridgehead atoms. The molecular formula is C13H16N4O2. The number of aryl methyl sites for hydroxylation is 1. The highest BCUT2D eigenvalue weighted by atomic mass is 16.5. The third kappa shape index (κ3) is 2.57. The van der Waals surface area contributed by atoms with E-state index in [1.807, 2.05) is 13.8 Å². The molecule has 0 saturated carbocycles. The van der Waals surface area contributed by atoms with Gasteiger partial charge in [-0.05, 0) is 19.9 Å². The molecule has 0 fully saturated rings. The van der Waals surface area contributed by atoms with E-state index in [4.69, 9.17) is 10.5 Å². The Kier molecular flexibility index (Phi) is 3.50. The van der Waals surface area contributed by atoms with E-state index in [2.05, 4.69) is 10.1 Å². The number of nitrogen functional groups attached to an aromatic ring is 1. The number of nitrogens with two attached hydrogens (primary N) is 1.